The van der Waals surface area contributed by atoms with E-state index in [1.54, 1.807) is 0 Å². The SMILES string of the molecule is CC1CCCN(Cc2nnc(CCC(=O)O)o2)C1. The van der Waals surface area contributed by atoms with Crippen LogP contribution in [-0.4, -0.2) is 39.3 Å². The first-order valence-corrected chi connectivity index (χ1v) is 6.39. The Morgan fingerprint density at radius 2 is 2.28 bits per heavy atom. The molecule has 0 spiro atoms. The quantitative estimate of drug-likeness (QED) is 0.852. The Bertz CT molecular complexity index is 405. The topological polar surface area (TPSA) is 79.5 Å². The zero-order chi connectivity index (χ0) is 13.0. The van der Waals surface area contributed by atoms with Crippen LogP contribution in [0.4, 0.5) is 0 Å². The number of aromatic nitrogens is 2. The predicted molar refractivity (Wildman–Crippen MR) is 63.9 cm³/mol. The second-order valence-corrected chi connectivity index (χ2v) is 4.97. The molecule has 1 aliphatic heterocycles. The minimum atomic E-state index is -0.848. The molecule has 0 amide bonds. The minimum absolute atomic E-state index is 0.0301. The lowest BCUT2D eigenvalue weighted by molar-refractivity contribution is -0.137. The van der Waals surface area contributed by atoms with Crippen molar-refractivity contribution in [3.63, 3.8) is 0 Å². The van der Waals surface area contributed by atoms with Crippen LogP contribution in [0.2, 0.25) is 0 Å². The minimum Gasteiger partial charge on any atom is -0.481 e. The van der Waals surface area contributed by atoms with E-state index in [0.717, 1.165) is 13.1 Å². The molecule has 2 heterocycles. The molecule has 1 atom stereocenters. The summed E-state index contributed by atoms with van der Waals surface area (Å²) in [6, 6.07) is 0. The van der Waals surface area contributed by atoms with Gasteiger partial charge < -0.3 is 9.52 Å². The van der Waals surface area contributed by atoms with Crippen LogP contribution in [0.3, 0.4) is 0 Å². The first kappa shape index (κ1) is 13.0. The molecule has 1 fully saturated rings. The summed E-state index contributed by atoms with van der Waals surface area (Å²) in [7, 11) is 0. The number of rotatable bonds is 5. The van der Waals surface area contributed by atoms with Crippen molar-refractivity contribution < 1.29 is 14.3 Å². The number of aryl methyl sites for hydroxylation is 1. The fraction of sp³-hybridized carbons (Fsp3) is 0.750. The van der Waals surface area contributed by atoms with Gasteiger partial charge in [-0.15, -0.1) is 10.2 Å². The van der Waals surface area contributed by atoms with E-state index in [0.29, 0.717) is 30.7 Å². The van der Waals surface area contributed by atoms with Gasteiger partial charge in [-0.25, -0.2) is 0 Å². The zero-order valence-electron chi connectivity index (χ0n) is 10.6. The highest BCUT2D eigenvalue weighted by Crippen LogP contribution is 2.17. The van der Waals surface area contributed by atoms with Crippen molar-refractivity contribution in [2.24, 2.45) is 5.92 Å². The summed E-state index contributed by atoms with van der Waals surface area (Å²) in [6.07, 6.45) is 2.83. The summed E-state index contributed by atoms with van der Waals surface area (Å²) in [5.41, 5.74) is 0. The summed E-state index contributed by atoms with van der Waals surface area (Å²) in [5, 5.41) is 16.4. The molecule has 0 aliphatic carbocycles. The molecule has 6 nitrogen and oxygen atoms in total. The lowest BCUT2D eigenvalue weighted by Crippen LogP contribution is -2.33. The number of hydrogen-bond donors (Lipinski definition) is 1. The van der Waals surface area contributed by atoms with Crippen molar-refractivity contribution in [3.8, 4) is 0 Å². The van der Waals surface area contributed by atoms with Crippen molar-refractivity contribution in [2.45, 2.75) is 39.2 Å². The molecular formula is C12H19N3O3. The molecule has 2 rings (SSSR count). The highest BCUT2D eigenvalue weighted by atomic mass is 16.4. The number of carbonyl (C=O) groups is 1. The largest absolute Gasteiger partial charge is 0.481 e. The van der Waals surface area contributed by atoms with Gasteiger partial charge in [0.2, 0.25) is 11.8 Å². The van der Waals surface area contributed by atoms with Gasteiger partial charge in [-0.3, -0.25) is 9.69 Å². The number of carboxylic acid groups (broad SMARTS) is 1. The third kappa shape index (κ3) is 3.80. The lowest BCUT2D eigenvalue weighted by atomic mass is 10.0. The third-order valence-electron chi connectivity index (χ3n) is 3.16. The van der Waals surface area contributed by atoms with E-state index in [2.05, 4.69) is 22.0 Å². The van der Waals surface area contributed by atoms with Crippen LogP contribution in [-0.2, 0) is 17.8 Å². The van der Waals surface area contributed by atoms with Crippen LogP contribution in [0, 0.1) is 5.92 Å². The Morgan fingerprint density at radius 1 is 1.50 bits per heavy atom. The van der Waals surface area contributed by atoms with E-state index < -0.39 is 5.97 Å². The van der Waals surface area contributed by atoms with E-state index in [-0.39, 0.29) is 6.42 Å². The number of aliphatic carboxylic acids is 1. The molecule has 0 bridgehead atoms. The summed E-state index contributed by atoms with van der Waals surface area (Å²) in [6.45, 7) is 5.05. The molecular weight excluding hydrogens is 234 g/mol. The van der Waals surface area contributed by atoms with Crippen molar-refractivity contribution >= 4 is 5.97 Å². The van der Waals surface area contributed by atoms with Gasteiger partial charge in [-0.05, 0) is 25.3 Å². The highest BCUT2D eigenvalue weighted by Gasteiger charge is 2.18. The fourth-order valence-corrected chi connectivity index (χ4v) is 2.29. The molecule has 0 radical (unpaired) electrons. The molecule has 1 N–H and O–H groups in total. The average Bonchev–Trinajstić information content (AvgIpc) is 2.74. The molecule has 0 aromatic carbocycles. The number of likely N-dealkylation sites (tertiary alicyclic amines) is 1. The number of piperidine rings is 1. The second kappa shape index (κ2) is 5.95. The summed E-state index contributed by atoms with van der Waals surface area (Å²) < 4.78 is 5.44. The van der Waals surface area contributed by atoms with Crippen LogP contribution >= 0.6 is 0 Å². The monoisotopic (exact) mass is 253 g/mol. The van der Waals surface area contributed by atoms with Gasteiger partial charge in [0.1, 0.15) is 0 Å². The van der Waals surface area contributed by atoms with Crippen molar-refractivity contribution in [3.05, 3.63) is 11.8 Å². The maximum atomic E-state index is 10.4. The molecule has 18 heavy (non-hydrogen) atoms. The van der Waals surface area contributed by atoms with Gasteiger partial charge in [0.15, 0.2) is 0 Å². The Morgan fingerprint density at radius 3 is 3.00 bits per heavy atom. The van der Waals surface area contributed by atoms with Crippen molar-refractivity contribution in [1.29, 1.82) is 0 Å². The number of nitrogens with zero attached hydrogens (tertiary/aromatic N) is 3. The van der Waals surface area contributed by atoms with Gasteiger partial charge in [-0.1, -0.05) is 6.92 Å². The van der Waals surface area contributed by atoms with Crippen LogP contribution in [0.5, 0.6) is 0 Å². The van der Waals surface area contributed by atoms with Gasteiger partial charge >= 0.3 is 5.97 Å². The maximum absolute atomic E-state index is 10.4. The van der Waals surface area contributed by atoms with Gasteiger partial charge in [0.05, 0.1) is 13.0 Å². The molecule has 0 saturated carbocycles. The van der Waals surface area contributed by atoms with Crippen LogP contribution in [0.25, 0.3) is 0 Å². The van der Waals surface area contributed by atoms with Gasteiger partial charge in [0, 0.05) is 13.0 Å². The molecule has 1 aromatic rings. The van der Waals surface area contributed by atoms with Crippen LogP contribution in [0.15, 0.2) is 4.42 Å². The fourth-order valence-electron chi connectivity index (χ4n) is 2.29. The summed E-state index contributed by atoms with van der Waals surface area (Å²) >= 11 is 0. The Hall–Kier alpha value is -1.43. The first-order chi connectivity index (χ1) is 8.63. The maximum Gasteiger partial charge on any atom is 0.303 e. The third-order valence-corrected chi connectivity index (χ3v) is 3.16. The van der Waals surface area contributed by atoms with E-state index in [9.17, 15) is 4.79 Å². The van der Waals surface area contributed by atoms with Gasteiger partial charge in [-0.2, -0.15) is 0 Å². The molecule has 1 saturated heterocycles. The van der Waals surface area contributed by atoms with E-state index in [4.69, 9.17) is 9.52 Å². The summed E-state index contributed by atoms with van der Waals surface area (Å²) in [4.78, 5) is 12.7. The van der Waals surface area contributed by atoms with Crippen molar-refractivity contribution in [1.82, 2.24) is 15.1 Å². The molecule has 6 heteroatoms. The molecule has 1 aromatic heterocycles. The standard InChI is InChI=1S/C12H19N3O3/c1-9-3-2-6-15(7-9)8-11-14-13-10(18-11)4-5-12(16)17/h9H,2-8H2,1H3,(H,16,17). The highest BCUT2D eigenvalue weighted by molar-refractivity contribution is 5.66. The van der Waals surface area contributed by atoms with Crippen LogP contribution < -0.4 is 0 Å². The predicted octanol–water partition coefficient (Wildman–Crippen LogP) is 1.32. The Labute approximate surface area is 106 Å². The molecule has 1 unspecified atom stereocenters. The normalized spacial score (nSPS) is 21.1. The number of hydrogen-bond acceptors (Lipinski definition) is 5. The zero-order valence-corrected chi connectivity index (χ0v) is 10.6. The van der Waals surface area contributed by atoms with E-state index >= 15 is 0 Å². The second-order valence-electron chi connectivity index (χ2n) is 4.97. The van der Waals surface area contributed by atoms with Gasteiger partial charge in [0.25, 0.3) is 0 Å². The van der Waals surface area contributed by atoms with E-state index in [1.165, 1.54) is 12.8 Å². The van der Waals surface area contributed by atoms with E-state index in [1.807, 2.05) is 0 Å². The first-order valence-electron chi connectivity index (χ1n) is 6.39. The van der Waals surface area contributed by atoms with Crippen molar-refractivity contribution in [2.75, 3.05) is 13.1 Å². The lowest BCUT2D eigenvalue weighted by Gasteiger charge is -2.29. The smallest absolute Gasteiger partial charge is 0.303 e. The molecule has 100 valence electrons. The Balaban J connectivity index is 1.84. The number of carboxylic acids is 1. The average molecular weight is 253 g/mol. The Kier molecular flexibility index (Phi) is 4.30. The van der Waals surface area contributed by atoms with Crippen LogP contribution in [0.1, 0.15) is 38.0 Å². The summed E-state index contributed by atoms with van der Waals surface area (Å²) in [5.74, 6) is 0.870. The molecule has 1 aliphatic rings.